The second-order valence-electron chi connectivity index (χ2n) is 7.76. The summed E-state index contributed by atoms with van der Waals surface area (Å²) in [6.07, 6.45) is 3.88. The molecule has 2 aromatic carbocycles. The molecule has 174 valence electrons. The minimum atomic E-state index is -0.673. The third kappa shape index (κ3) is 6.15. The van der Waals surface area contributed by atoms with Gasteiger partial charge in [-0.2, -0.15) is 5.26 Å². The highest BCUT2D eigenvalue weighted by molar-refractivity contribution is 6.30. The largest absolute Gasteiger partial charge is 0.461 e. The Balaban J connectivity index is 1.89. The average Bonchev–Trinajstić information content (AvgIpc) is 2.82. The van der Waals surface area contributed by atoms with Crippen LogP contribution in [0.1, 0.15) is 37.3 Å². The van der Waals surface area contributed by atoms with Gasteiger partial charge in [0.2, 0.25) is 5.91 Å². The molecule has 1 aliphatic rings. The number of hydrogen-bond acceptors (Lipinski definition) is 5. The van der Waals surface area contributed by atoms with Gasteiger partial charge in [-0.15, -0.1) is 0 Å². The summed E-state index contributed by atoms with van der Waals surface area (Å²) >= 11 is 6.24. The van der Waals surface area contributed by atoms with E-state index in [1.165, 1.54) is 0 Å². The SMILES string of the molecule is CC1=C(C(=O)NC/C=C/c2ccccc2)C(c2cccc(Cl)c2)C(C(=O)OCCC#N)=C(C)N1. The maximum Gasteiger partial charge on any atom is 0.336 e. The molecule has 0 aliphatic carbocycles. The highest BCUT2D eigenvalue weighted by Gasteiger charge is 2.37. The fraction of sp³-hybridized carbons (Fsp3) is 0.222. The van der Waals surface area contributed by atoms with E-state index in [2.05, 4.69) is 10.6 Å². The zero-order valence-electron chi connectivity index (χ0n) is 19.1. The van der Waals surface area contributed by atoms with Crippen molar-refractivity contribution in [1.82, 2.24) is 10.6 Å². The van der Waals surface area contributed by atoms with Crippen molar-refractivity contribution in [3.63, 3.8) is 0 Å². The van der Waals surface area contributed by atoms with Crippen molar-refractivity contribution in [2.24, 2.45) is 0 Å². The zero-order chi connectivity index (χ0) is 24.5. The predicted molar refractivity (Wildman–Crippen MR) is 132 cm³/mol. The summed E-state index contributed by atoms with van der Waals surface area (Å²) in [6.45, 7) is 3.85. The number of ether oxygens (including phenoxy) is 1. The summed E-state index contributed by atoms with van der Waals surface area (Å²) in [6, 6.07) is 18.8. The van der Waals surface area contributed by atoms with E-state index in [1.807, 2.05) is 54.6 Å². The molecule has 2 aromatic rings. The number of amides is 1. The van der Waals surface area contributed by atoms with Crippen molar-refractivity contribution in [2.75, 3.05) is 13.2 Å². The highest BCUT2D eigenvalue weighted by atomic mass is 35.5. The summed E-state index contributed by atoms with van der Waals surface area (Å²) in [5.74, 6) is -1.55. The van der Waals surface area contributed by atoms with E-state index in [4.69, 9.17) is 21.6 Å². The lowest BCUT2D eigenvalue weighted by molar-refractivity contribution is -0.139. The molecular weight excluding hydrogens is 450 g/mol. The molecule has 0 bridgehead atoms. The second-order valence-corrected chi connectivity index (χ2v) is 8.19. The van der Waals surface area contributed by atoms with E-state index >= 15 is 0 Å². The Kier molecular flexibility index (Phi) is 8.66. The fourth-order valence-corrected chi connectivity index (χ4v) is 4.06. The molecule has 3 rings (SSSR count). The van der Waals surface area contributed by atoms with Crippen LogP contribution in [0.25, 0.3) is 6.08 Å². The van der Waals surface area contributed by atoms with Gasteiger partial charge in [0.1, 0.15) is 6.61 Å². The summed E-state index contributed by atoms with van der Waals surface area (Å²) in [7, 11) is 0. The lowest BCUT2D eigenvalue weighted by atomic mass is 9.80. The Morgan fingerprint density at radius 2 is 1.85 bits per heavy atom. The van der Waals surface area contributed by atoms with Crippen molar-refractivity contribution in [3.8, 4) is 6.07 Å². The molecule has 0 spiro atoms. The number of hydrogen-bond donors (Lipinski definition) is 2. The number of carbonyl (C=O) groups excluding carboxylic acids is 2. The first kappa shape index (κ1) is 24.8. The molecular formula is C27H26ClN3O3. The molecule has 1 aliphatic heterocycles. The normalized spacial score (nSPS) is 15.6. The number of esters is 1. The number of nitrogens with zero attached hydrogens (tertiary/aromatic N) is 1. The first-order chi connectivity index (χ1) is 16.4. The van der Waals surface area contributed by atoms with E-state index in [0.29, 0.717) is 39.7 Å². The molecule has 0 saturated carbocycles. The third-order valence-electron chi connectivity index (χ3n) is 5.34. The summed E-state index contributed by atoms with van der Waals surface area (Å²) in [5.41, 5.74) is 3.68. The van der Waals surface area contributed by atoms with Crippen molar-refractivity contribution in [1.29, 1.82) is 5.26 Å². The first-order valence-corrected chi connectivity index (χ1v) is 11.3. The number of dihydropyridines is 1. The topological polar surface area (TPSA) is 91.2 Å². The van der Waals surface area contributed by atoms with Crippen LogP contribution in [0.3, 0.4) is 0 Å². The van der Waals surface area contributed by atoms with E-state index < -0.39 is 11.9 Å². The molecule has 1 heterocycles. The maximum absolute atomic E-state index is 13.3. The number of nitriles is 1. The molecule has 0 radical (unpaired) electrons. The molecule has 34 heavy (non-hydrogen) atoms. The van der Waals surface area contributed by atoms with E-state index in [1.54, 1.807) is 32.0 Å². The summed E-state index contributed by atoms with van der Waals surface area (Å²) < 4.78 is 5.33. The van der Waals surface area contributed by atoms with Crippen molar-refractivity contribution in [2.45, 2.75) is 26.2 Å². The Morgan fingerprint density at radius 3 is 2.56 bits per heavy atom. The van der Waals surface area contributed by atoms with Gasteiger partial charge in [-0.3, -0.25) is 4.79 Å². The lowest BCUT2D eigenvalue weighted by Crippen LogP contribution is -2.36. The Hall–Kier alpha value is -3.82. The average molecular weight is 476 g/mol. The molecule has 2 N–H and O–H groups in total. The number of halogens is 1. The predicted octanol–water partition coefficient (Wildman–Crippen LogP) is 4.86. The maximum atomic E-state index is 13.3. The molecule has 1 amide bonds. The van der Waals surface area contributed by atoms with Gasteiger partial charge in [-0.05, 0) is 37.1 Å². The van der Waals surface area contributed by atoms with Gasteiger partial charge in [0, 0.05) is 28.5 Å². The van der Waals surface area contributed by atoms with E-state index in [0.717, 1.165) is 5.56 Å². The zero-order valence-corrected chi connectivity index (χ0v) is 19.9. The molecule has 0 aromatic heterocycles. The molecule has 1 atom stereocenters. The smallest absolute Gasteiger partial charge is 0.336 e. The fourth-order valence-electron chi connectivity index (χ4n) is 3.86. The van der Waals surface area contributed by atoms with E-state index in [9.17, 15) is 9.59 Å². The van der Waals surface area contributed by atoms with Crippen LogP contribution >= 0.6 is 11.6 Å². The monoisotopic (exact) mass is 475 g/mol. The summed E-state index contributed by atoms with van der Waals surface area (Å²) in [4.78, 5) is 26.3. The van der Waals surface area contributed by atoms with E-state index in [-0.39, 0.29) is 18.9 Å². The van der Waals surface area contributed by atoms with Crippen LogP contribution in [0.5, 0.6) is 0 Å². The van der Waals surface area contributed by atoms with Crippen molar-refractivity contribution >= 4 is 29.6 Å². The van der Waals surface area contributed by atoms with Gasteiger partial charge >= 0.3 is 5.97 Å². The minimum absolute atomic E-state index is 0.0249. The van der Waals surface area contributed by atoms with Crippen LogP contribution in [0.2, 0.25) is 5.02 Å². The van der Waals surface area contributed by atoms with Gasteiger partial charge in [0.25, 0.3) is 0 Å². The Bertz CT molecular complexity index is 1190. The number of nitrogens with one attached hydrogen (secondary N) is 2. The third-order valence-corrected chi connectivity index (χ3v) is 5.58. The van der Waals surface area contributed by atoms with Gasteiger partial charge in [-0.1, -0.05) is 66.2 Å². The van der Waals surface area contributed by atoms with Gasteiger partial charge < -0.3 is 15.4 Å². The van der Waals surface area contributed by atoms with Crippen LogP contribution < -0.4 is 10.6 Å². The summed E-state index contributed by atoms with van der Waals surface area (Å²) in [5, 5.41) is 15.3. The molecule has 6 nitrogen and oxygen atoms in total. The number of benzene rings is 2. The quantitative estimate of drug-likeness (QED) is 0.420. The molecule has 1 unspecified atom stereocenters. The lowest BCUT2D eigenvalue weighted by Gasteiger charge is -2.31. The minimum Gasteiger partial charge on any atom is -0.461 e. The van der Waals surface area contributed by atoms with Gasteiger partial charge in [0.15, 0.2) is 0 Å². The van der Waals surface area contributed by atoms with Crippen LogP contribution in [0.4, 0.5) is 0 Å². The number of rotatable bonds is 8. The van der Waals surface area contributed by atoms with Crippen LogP contribution in [0.15, 0.2) is 83.2 Å². The van der Waals surface area contributed by atoms with Crippen molar-refractivity contribution < 1.29 is 14.3 Å². The van der Waals surface area contributed by atoms with Crippen LogP contribution in [-0.4, -0.2) is 25.0 Å². The van der Waals surface area contributed by atoms with Crippen LogP contribution in [-0.2, 0) is 14.3 Å². The molecule has 0 saturated heterocycles. The second kappa shape index (κ2) is 11.9. The van der Waals surface area contributed by atoms with Gasteiger partial charge in [-0.25, -0.2) is 4.79 Å². The van der Waals surface area contributed by atoms with Crippen LogP contribution in [0, 0.1) is 11.3 Å². The molecule has 0 fully saturated rings. The first-order valence-electron chi connectivity index (χ1n) is 10.9. The Morgan fingerprint density at radius 1 is 1.12 bits per heavy atom. The number of allylic oxidation sites excluding steroid dienone is 2. The van der Waals surface area contributed by atoms with Gasteiger partial charge in [0.05, 0.1) is 24.0 Å². The standard InChI is InChI=1S/C27H26ClN3O3/c1-18-23(26(32)30-15-7-11-20-9-4-3-5-10-20)25(21-12-6-13-22(28)17-21)24(19(2)31-18)27(33)34-16-8-14-29/h3-7,9-13,17,25,31H,8,15-16H2,1-2H3,(H,30,32)/b11-7+. The Labute approximate surface area is 204 Å². The number of carbonyl (C=O) groups is 2. The van der Waals surface area contributed by atoms with Crippen molar-refractivity contribution in [3.05, 3.63) is 99.4 Å². The molecule has 7 heteroatoms. The highest BCUT2D eigenvalue weighted by Crippen LogP contribution is 2.39.